The molecule has 2 aromatic rings. The van der Waals surface area contributed by atoms with Gasteiger partial charge < -0.3 is 14.8 Å². The Kier molecular flexibility index (Phi) is 8.32. The van der Waals surface area contributed by atoms with Crippen LogP contribution in [0.1, 0.15) is 70.1 Å². The van der Waals surface area contributed by atoms with E-state index in [0.717, 1.165) is 22.4 Å². The highest BCUT2D eigenvalue weighted by Gasteiger charge is 2.15. The number of nitrogens with one attached hydrogen (secondary N) is 1. The summed E-state index contributed by atoms with van der Waals surface area (Å²) >= 11 is 0. The van der Waals surface area contributed by atoms with Gasteiger partial charge in [-0.3, -0.25) is 4.79 Å². The summed E-state index contributed by atoms with van der Waals surface area (Å²) in [6.45, 7) is 13.6. The third-order valence-electron chi connectivity index (χ3n) is 4.62. The van der Waals surface area contributed by atoms with E-state index in [-0.39, 0.29) is 5.91 Å². The van der Waals surface area contributed by atoms with Gasteiger partial charge in [0.25, 0.3) is 0 Å². The number of hydrogen-bond acceptors (Lipinski definition) is 3. The molecular formula is C25H33NO3. The molecule has 0 aromatic heterocycles. The monoisotopic (exact) mass is 395 g/mol. The summed E-state index contributed by atoms with van der Waals surface area (Å²) in [6.07, 6.45) is 3.35. The van der Waals surface area contributed by atoms with Crippen molar-refractivity contribution in [2.45, 2.75) is 53.4 Å². The van der Waals surface area contributed by atoms with Gasteiger partial charge in [-0.1, -0.05) is 52.0 Å². The Morgan fingerprint density at radius 3 is 2.07 bits per heavy atom. The second kappa shape index (κ2) is 10.7. The Balaban J connectivity index is 2.23. The maximum Gasteiger partial charge on any atom is 0.248 e. The number of amides is 1. The molecule has 0 aliphatic heterocycles. The normalized spacial score (nSPS) is 11.3. The number of carbonyl (C=O) groups is 1. The van der Waals surface area contributed by atoms with E-state index in [4.69, 9.17) is 9.47 Å². The second-order valence-corrected chi connectivity index (χ2v) is 7.52. The van der Waals surface area contributed by atoms with Crippen LogP contribution in [0.2, 0.25) is 0 Å². The molecule has 0 fully saturated rings. The number of hydrogen-bond donors (Lipinski definition) is 1. The summed E-state index contributed by atoms with van der Waals surface area (Å²) < 4.78 is 11.2. The zero-order valence-corrected chi connectivity index (χ0v) is 18.4. The Morgan fingerprint density at radius 1 is 0.931 bits per heavy atom. The van der Waals surface area contributed by atoms with E-state index in [9.17, 15) is 4.79 Å². The minimum absolute atomic E-state index is 0.146. The SMILES string of the molecule is CCOc1ccc(C=CC(=O)Nc2c(C(C)C)cccc2C(C)C)cc1OCC. The number of rotatable bonds is 9. The largest absolute Gasteiger partial charge is 0.490 e. The highest BCUT2D eigenvalue weighted by molar-refractivity contribution is 6.03. The quantitative estimate of drug-likeness (QED) is 0.501. The van der Waals surface area contributed by atoms with Crippen molar-refractivity contribution in [1.82, 2.24) is 0 Å². The molecule has 1 amide bonds. The van der Waals surface area contributed by atoms with Crippen LogP contribution in [0.4, 0.5) is 5.69 Å². The molecule has 0 aliphatic carbocycles. The lowest BCUT2D eigenvalue weighted by molar-refractivity contribution is -0.111. The first-order valence-corrected chi connectivity index (χ1v) is 10.4. The zero-order chi connectivity index (χ0) is 21.4. The molecule has 1 N–H and O–H groups in total. The number of ether oxygens (including phenoxy) is 2. The fraction of sp³-hybridized carbons (Fsp3) is 0.400. The van der Waals surface area contributed by atoms with Gasteiger partial charge in [0.1, 0.15) is 0 Å². The van der Waals surface area contributed by atoms with Gasteiger partial charge in [-0.15, -0.1) is 0 Å². The predicted octanol–water partition coefficient (Wildman–Crippen LogP) is 6.38. The number of benzene rings is 2. The molecule has 0 radical (unpaired) electrons. The lowest BCUT2D eigenvalue weighted by Gasteiger charge is -2.19. The van der Waals surface area contributed by atoms with Crippen LogP contribution < -0.4 is 14.8 Å². The summed E-state index contributed by atoms with van der Waals surface area (Å²) in [7, 11) is 0. The molecule has 0 heterocycles. The van der Waals surface area contributed by atoms with Gasteiger partial charge in [0.05, 0.1) is 13.2 Å². The zero-order valence-electron chi connectivity index (χ0n) is 18.4. The Morgan fingerprint density at radius 2 is 1.52 bits per heavy atom. The van der Waals surface area contributed by atoms with E-state index in [1.165, 1.54) is 0 Å². The fourth-order valence-corrected chi connectivity index (χ4v) is 3.20. The average Bonchev–Trinajstić information content (AvgIpc) is 2.68. The standard InChI is InChI=1S/C25H33NO3/c1-7-28-22-14-12-19(16-23(22)29-8-2)13-15-24(27)26-25-20(17(3)4)10-9-11-21(25)18(5)6/h9-18H,7-8H2,1-6H3,(H,26,27). The minimum atomic E-state index is -0.146. The molecule has 0 atom stereocenters. The van der Waals surface area contributed by atoms with Crippen LogP contribution in [-0.4, -0.2) is 19.1 Å². The fourth-order valence-electron chi connectivity index (χ4n) is 3.20. The molecule has 0 spiro atoms. The molecule has 0 unspecified atom stereocenters. The summed E-state index contributed by atoms with van der Waals surface area (Å²) in [5.74, 6) is 1.90. The van der Waals surface area contributed by atoms with Crippen LogP contribution in [0.15, 0.2) is 42.5 Å². The van der Waals surface area contributed by atoms with Crippen molar-refractivity contribution in [2.75, 3.05) is 18.5 Å². The summed E-state index contributed by atoms with van der Waals surface area (Å²) in [5, 5.41) is 3.10. The van der Waals surface area contributed by atoms with E-state index in [0.29, 0.717) is 36.5 Å². The summed E-state index contributed by atoms with van der Waals surface area (Å²) in [4.78, 5) is 12.7. The van der Waals surface area contributed by atoms with Crippen LogP contribution in [0, 0.1) is 0 Å². The molecule has 0 saturated carbocycles. The highest BCUT2D eigenvalue weighted by atomic mass is 16.5. The first kappa shape index (κ1) is 22.5. The van der Waals surface area contributed by atoms with Crippen molar-refractivity contribution >= 4 is 17.7 Å². The maximum atomic E-state index is 12.7. The van der Waals surface area contributed by atoms with E-state index in [1.807, 2.05) is 32.0 Å². The number of anilines is 1. The first-order chi connectivity index (χ1) is 13.9. The van der Waals surface area contributed by atoms with Crippen molar-refractivity contribution in [3.05, 3.63) is 59.2 Å². The smallest absolute Gasteiger partial charge is 0.248 e. The van der Waals surface area contributed by atoms with E-state index < -0.39 is 0 Å². The lowest BCUT2D eigenvalue weighted by Crippen LogP contribution is -2.13. The van der Waals surface area contributed by atoms with Crippen LogP contribution in [0.5, 0.6) is 11.5 Å². The van der Waals surface area contributed by atoms with Crippen LogP contribution in [-0.2, 0) is 4.79 Å². The van der Waals surface area contributed by atoms with Gasteiger partial charge in [0.15, 0.2) is 11.5 Å². The summed E-state index contributed by atoms with van der Waals surface area (Å²) in [5.41, 5.74) is 4.11. The van der Waals surface area contributed by atoms with Crippen LogP contribution in [0.3, 0.4) is 0 Å². The third-order valence-corrected chi connectivity index (χ3v) is 4.62. The van der Waals surface area contributed by atoms with E-state index in [1.54, 1.807) is 12.2 Å². The van der Waals surface area contributed by atoms with Gasteiger partial charge in [0, 0.05) is 11.8 Å². The van der Waals surface area contributed by atoms with Crippen LogP contribution >= 0.6 is 0 Å². The molecule has 0 saturated heterocycles. The van der Waals surface area contributed by atoms with Crippen molar-refractivity contribution in [2.24, 2.45) is 0 Å². The summed E-state index contributed by atoms with van der Waals surface area (Å²) in [6, 6.07) is 11.9. The Labute approximate surface area is 174 Å². The molecule has 4 nitrogen and oxygen atoms in total. The van der Waals surface area contributed by atoms with Gasteiger partial charge >= 0.3 is 0 Å². The average molecular weight is 396 g/mol. The molecule has 2 rings (SSSR count). The molecule has 2 aromatic carbocycles. The van der Waals surface area contributed by atoms with Crippen molar-refractivity contribution < 1.29 is 14.3 Å². The van der Waals surface area contributed by atoms with Crippen molar-refractivity contribution in [3.63, 3.8) is 0 Å². The topological polar surface area (TPSA) is 47.6 Å². The van der Waals surface area contributed by atoms with Crippen molar-refractivity contribution in [1.29, 1.82) is 0 Å². The Hall–Kier alpha value is -2.75. The van der Waals surface area contributed by atoms with Gasteiger partial charge in [0.2, 0.25) is 5.91 Å². The van der Waals surface area contributed by atoms with E-state index >= 15 is 0 Å². The van der Waals surface area contributed by atoms with E-state index in [2.05, 4.69) is 51.2 Å². The predicted molar refractivity (Wildman–Crippen MR) is 121 cm³/mol. The highest BCUT2D eigenvalue weighted by Crippen LogP contribution is 2.32. The molecule has 0 bridgehead atoms. The molecule has 4 heteroatoms. The molecule has 0 aliphatic rings. The van der Waals surface area contributed by atoms with Gasteiger partial charge in [-0.25, -0.2) is 0 Å². The minimum Gasteiger partial charge on any atom is -0.490 e. The molecule has 156 valence electrons. The second-order valence-electron chi connectivity index (χ2n) is 7.52. The molecule has 29 heavy (non-hydrogen) atoms. The molecular weight excluding hydrogens is 362 g/mol. The van der Waals surface area contributed by atoms with Gasteiger partial charge in [-0.2, -0.15) is 0 Å². The van der Waals surface area contributed by atoms with Crippen molar-refractivity contribution in [3.8, 4) is 11.5 Å². The maximum absolute atomic E-state index is 12.7. The third kappa shape index (κ3) is 6.11. The Bertz CT molecular complexity index is 827. The van der Waals surface area contributed by atoms with Crippen LogP contribution in [0.25, 0.3) is 6.08 Å². The van der Waals surface area contributed by atoms with Gasteiger partial charge in [-0.05, 0) is 60.6 Å². The lowest BCUT2D eigenvalue weighted by atomic mass is 9.92. The number of para-hydroxylation sites is 1. The first-order valence-electron chi connectivity index (χ1n) is 10.4. The number of carbonyl (C=O) groups excluding carboxylic acids is 1.